The molecule has 4 aromatic rings. The van der Waals surface area contributed by atoms with E-state index in [9.17, 15) is 15.2 Å². The standard InChI is InChI=1S/C29H20Cl3N3O4/c30-22-2-1-3-23(31)25(22)26-19(27(39-35-26)15-4-5-15)13-38-18-6-7-20(24(32)9-18)29(14-33)10-21(29)16-8-17(28(36)37)12-34-11-16/h1-3,6-9,11-12,15,21H,4-5,10,13H2,(H,36,37). The maximum Gasteiger partial charge on any atom is 0.337 e. The van der Waals surface area contributed by atoms with E-state index in [1.165, 1.54) is 6.20 Å². The highest BCUT2D eigenvalue weighted by atomic mass is 35.5. The first-order valence-electron chi connectivity index (χ1n) is 12.3. The fourth-order valence-electron chi connectivity index (χ4n) is 5.06. The molecule has 2 fully saturated rings. The summed E-state index contributed by atoms with van der Waals surface area (Å²) in [6.07, 6.45) is 5.43. The molecule has 2 aromatic carbocycles. The molecule has 2 atom stereocenters. The van der Waals surface area contributed by atoms with Crippen molar-refractivity contribution in [2.45, 2.75) is 43.1 Å². The van der Waals surface area contributed by atoms with Crippen molar-refractivity contribution < 1.29 is 19.2 Å². The van der Waals surface area contributed by atoms with Gasteiger partial charge in [-0.15, -0.1) is 0 Å². The molecule has 2 aliphatic rings. The zero-order valence-electron chi connectivity index (χ0n) is 20.3. The Labute approximate surface area is 238 Å². The average Bonchev–Trinajstić information content (AvgIpc) is 3.85. The third kappa shape index (κ3) is 4.63. The molecular weight excluding hydrogens is 561 g/mol. The molecular formula is C29H20Cl3N3O4. The van der Waals surface area contributed by atoms with Gasteiger partial charge in [-0.05, 0) is 60.7 Å². The molecule has 2 heterocycles. The number of carboxylic acid groups (broad SMARTS) is 1. The molecule has 2 aromatic heterocycles. The number of nitrogens with zero attached hydrogens (tertiary/aromatic N) is 3. The minimum Gasteiger partial charge on any atom is -0.489 e. The Hall–Kier alpha value is -3.57. The fourth-order valence-corrected chi connectivity index (χ4v) is 5.98. The van der Waals surface area contributed by atoms with Gasteiger partial charge in [0.25, 0.3) is 0 Å². The van der Waals surface area contributed by atoms with E-state index < -0.39 is 11.4 Å². The molecule has 2 saturated carbocycles. The largest absolute Gasteiger partial charge is 0.489 e. The van der Waals surface area contributed by atoms with Gasteiger partial charge < -0.3 is 14.4 Å². The van der Waals surface area contributed by atoms with Crippen LogP contribution in [0.5, 0.6) is 5.75 Å². The molecule has 0 spiro atoms. The maximum absolute atomic E-state index is 11.4. The molecule has 0 bridgehead atoms. The van der Waals surface area contributed by atoms with Crippen LogP contribution in [-0.2, 0) is 12.0 Å². The summed E-state index contributed by atoms with van der Waals surface area (Å²) in [5.41, 5.74) is 2.51. The van der Waals surface area contributed by atoms with Crippen molar-refractivity contribution in [1.82, 2.24) is 10.1 Å². The molecule has 7 nitrogen and oxygen atoms in total. The predicted octanol–water partition coefficient (Wildman–Crippen LogP) is 7.80. The van der Waals surface area contributed by atoms with Gasteiger partial charge in [0.05, 0.1) is 32.7 Å². The fraction of sp³-hybridized carbons (Fsp3) is 0.241. The lowest BCUT2D eigenvalue weighted by atomic mass is 9.92. The highest BCUT2D eigenvalue weighted by Crippen LogP contribution is 2.61. The van der Waals surface area contributed by atoms with Crippen LogP contribution in [0.2, 0.25) is 15.1 Å². The molecule has 0 aliphatic heterocycles. The summed E-state index contributed by atoms with van der Waals surface area (Å²) < 4.78 is 11.8. The molecule has 6 rings (SSSR count). The van der Waals surface area contributed by atoms with Crippen molar-refractivity contribution in [3.05, 3.63) is 97.9 Å². The normalized spacial score (nSPS) is 19.9. The summed E-state index contributed by atoms with van der Waals surface area (Å²) in [5, 5.41) is 25.0. The van der Waals surface area contributed by atoms with Crippen LogP contribution < -0.4 is 4.74 Å². The number of aromatic carboxylic acids is 1. The average molecular weight is 581 g/mol. The minimum atomic E-state index is -1.07. The second-order valence-electron chi connectivity index (χ2n) is 9.83. The summed E-state index contributed by atoms with van der Waals surface area (Å²) in [7, 11) is 0. The number of aromatic nitrogens is 2. The van der Waals surface area contributed by atoms with E-state index >= 15 is 0 Å². The van der Waals surface area contributed by atoms with Crippen LogP contribution >= 0.6 is 34.8 Å². The predicted molar refractivity (Wildman–Crippen MR) is 146 cm³/mol. The Morgan fingerprint density at radius 3 is 2.56 bits per heavy atom. The van der Waals surface area contributed by atoms with E-state index in [1.54, 1.807) is 48.7 Å². The van der Waals surface area contributed by atoms with Gasteiger partial charge in [0.1, 0.15) is 23.8 Å². The van der Waals surface area contributed by atoms with E-state index in [4.69, 9.17) is 44.1 Å². The van der Waals surface area contributed by atoms with Crippen molar-refractivity contribution >= 4 is 40.8 Å². The van der Waals surface area contributed by atoms with Gasteiger partial charge >= 0.3 is 5.97 Å². The third-order valence-electron chi connectivity index (χ3n) is 7.34. The first-order valence-corrected chi connectivity index (χ1v) is 13.4. The zero-order valence-corrected chi connectivity index (χ0v) is 22.6. The van der Waals surface area contributed by atoms with E-state index in [-0.39, 0.29) is 24.0 Å². The number of ether oxygens (including phenoxy) is 1. The van der Waals surface area contributed by atoms with Crippen LogP contribution in [0, 0.1) is 11.3 Å². The van der Waals surface area contributed by atoms with Gasteiger partial charge in [-0.2, -0.15) is 5.26 Å². The molecule has 0 saturated heterocycles. The van der Waals surface area contributed by atoms with E-state index in [0.717, 1.165) is 24.2 Å². The second kappa shape index (κ2) is 9.87. The summed E-state index contributed by atoms with van der Waals surface area (Å²) in [6.45, 7) is 0.168. The maximum atomic E-state index is 11.4. The molecule has 2 unspecified atom stereocenters. The number of hydrogen-bond donors (Lipinski definition) is 1. The number of rotatable bonds is 8. The lowest BCUT2D eigenvalue weighted by molar-refractivity contribution is 0.0696. The Balaban J connectivity index is 1.26. The Kier molecular flexibility index (Phi) is 6.50. The Bertz CT molecular complexity index is 1640. The summed E-state index contributed by atoms with van der Waals surface area (Å²) in [6, 6.07) is 14.5. The summed E-state index contributed by atoms with van der Waals surface area (Å²) in [4.78, 5) is 15.4. The highest BCUT2D eigenvalue weighted by Gasteiger charge is 2.58. The van der Waals surface area contributed by atoms with Gasteiger partial charge in [0.2, 0.25) is 0 Å². The topological polar surface area (TPSA) is 109 Å². The lowest BCUT2D eigenvalue weighted by Gasteiger charge is -2.14. The molecule has 0 amide bonds. The van der Waals surface area contributed by atoms with Crippen molar-refractivity contribution in [3.63, 3.8) is 0 Å². The molecule has 2 aliphatic carbocycles. The molecule has 1 N–H and O–H groups in total. The van der Waals surface area contributed by atoms with Crippen LogP contribution in [-0.4, -0.2) is 21.2 Å². The molecule has 10 heteroatoms. The summed E-state index contributed by atoms with van der Waals surface area (Å²) in [5.74, 6) is 0.297. The molecule has 39 heavy (non-hydrogen) atoms. The van der Waals surface area contributed by atoms with Crippen molar-refractivity contribution in [3.8, 4) is 23.1 Å². The van der Waals surface area contributed by atoms with E-state index in [0.29, 0.717) is 49.6 Å². The van der Waals surface area contributed by atoms with Crippen LogP contribution in [0.3, 0.4) is 0 Å². The van der Waals surface area contributed by atoms with Crippen LogP contribution in [0.15, 0.2) is 59.4 Å². The van der Waals surface area contributed by atoms with Gasteiger partial charge in [0, 0.05) is 34.8 Å². The number of nitriles is 1. The first-order chi connectivity index (χ1) is 18.8. The number of carboxylic acids is 1. The smallest absolute Gasteiger partial charge is 0.337 e. The quantitative estimate of drug-likeness (QED) is 0.226. The van der Waals surface area contributed by atoms with E-state index in [2.05, 4.69) is 16.2 Å². The second-order valence-corrected chi connectivity index (χ2v) is 11.0. The zero-order chi connectivity index (χ0) is 27.3. The summed E-state index contributed by atoms with van der Waals surface area (Å²) >= 11 is 19.6. The van der Waals surface area contributed by atoms with Crippen molar-refractivity contribution in [2.24, 2.45) is 0 Å². The van der Waals surface area contributed by atoms with E-state index in [1.807, 2.05) is 0 Å². The third-order valence-corrected chi connectivity index (χ3v) is 8.28. The SMILES string of the molecule is N#CC1(c2ccc(OCc3c(-c4c(Cl)cccc4Cl)noc3C3CC3)cc2Cl)CC1c1cncc(C(=O)O)c1. The number of benzene rings is 2. The van der Waals surface area contributed by atoms with Gasteiger partial charge in [-0.1, -0.05) is 52.1 Å². The van der Waals surface area contributed by atoms with Crippen LogP contribution in [0.4, 0.5) is 0 Å². The Morgan fingerprint density at radius 1 is 1.13 bits per heavy atom. The highest BCUT2D eigenvalue weighted by molar-refractivity contribution is 6.39. The molecule has 196 valence electrons. The van der Waals surface area contributed by atoms with Crippen molar-refractivity contribution in [1.29, 1.82) is 5.26 Å². The van der Waals surface area contributed by atoms with Gasteiger partial charge in [-0.25, -0.2) is 4.79 Å². The monoisotopic (exact) mass is 579 g/mol. The first kappa shape index (κ1) is 25.7. The number of pyridine rings is 1. The van der Waals surface area contributed by atoms with Gasteiger partial charge in [-0.3, -0.25) is 4.98 Å². The Morgan fingerprint density at radius 2 is 1.90 bits per heavy atom. The van der Waals surface area contributed by atoms with Crippen LogP contribution in [0.1, 0.15) is 63.9 Å². The lowest BCUT2D eigenvalue weighted by Crippen LogP contribution is -2.09. The number of carbonyl (C=O) groups is 1. The molecule has 0 radical (unpaired) electrons. The van der Waals surface area contributed by atoms with Crippen LogP contribution in [0.25, 0.3) is 11.3 Å². The number of hydrogen-bond acceptors (Lipinski definition) is 6. The minimum absolute atomic E-state index is 0.0813. The van der Waals surface area contributed by atoms with Crippen molar-refractivity contribution in [2.75, 3.05) is 0 Å². The number of halogens is 3. The van der Waals surface area contributed by atoms with Gasteiger partial charge in [0.15, 0.2) is 0 Å².